The number of aromatic nitrogens is 2. The Hall–Kier alpha value is -2.13. The molecule has 102 valence electrons. The fourth-order valence-corrected chi connectivity index (χ4v) is 2.52. The zero-order valence-corrected chi connectivity index (χ0v) is 11.5. The number of rotatable bonds is 4. The minimum Gasteiger partial charge on any atom is -0.388 e. The highest BCUT2D eigenvalue weighted by atomic mass is 16.3. The summed E-state index contributed by atoms with van der Waals surface area (Å²) in [6.07, 6.45) is 3.75. The van der Waals surface area contributed by atoms with E-state index in [9.17, 15) is 5.11 Å². The highest BCUT2D eigenvalue weighted by Gasteiger charge is 2.12. The summed E-state index contributed by atoms with van der Waals surface area (Å²) >= 11 is 0. The lowest BCUT2D eigenvalue weighted by atomic mass is 10.0. The van der Waals surface area contributed by atoms with Crippen LogP contribution in [0.2, 0.25) is 0 Å². The molecule has 0 bridgehead atoms. The van der Waals surface area contributed by atoms with E-state index < -0.39 is 6.10 Å². The summed E-state index contributed by atoms with van der Waals surface area (Å²) in [4.78, 5) is 4.32. The van der Waals surface area contributed by atoms with Crippen LogP contribution in [0, 0.1) is 0 Å². The zero-order valence-electron chi connectivity index (χ0n) is 11.5. The van der Waals surface area contributed by atoms with E-state index in [1.165, 1.54) is 5.39 Å². The minimum atomic E-state index is -0.521. The summed E-state index contributed by atoms with van der Waals surface area (Å²) in [5.74, 6) is 0.924. The second-order valence-corrected chi connectivity index (χ2v) is 4.96. The van der Waals surface area contributed by atoms with Crippen LogP contribution in [0.3, 0.4) is 0 Å². The van der Waals surface area contributed by atoms with Gasteiger partial charge in [0.15, 0.2) is 0 Å². The number of aliphatic hydroxyl groups excluding tert-OH is 1. The van der Waals surface area contributed by atoms with Crippen molar-refractivity contribution in [2.24, 2.45) is 0 Å². The van der Waals surface area contributed by atoms with Gasteiger partial charge in [-0.05, 0) is 29.3 Å². The molecule has 2 aromatic carbocycles. The van der Waals surface area contributed by atoms with Gasteiger partial charge in [-0.25, -0.2) is 4.98 Å². The molecule has 0 saturated heterocycles. The van der Waals surface area contributed by atoms with E-state index in [1.54, 1.807) is 6.20 Å². The normalized spacial score (nSPS) is 12.7. The molecule has 0 amide bonds. The molecule has 0 aliphatic rings. The van der Waals surface area contributed by atoms with Crippen LogP contribution < -0.4 is 0 Å². The largest absolute Gasteiger partial charge is 0.388 e. The standard InChI is InChI=1S/C17H18N2O/c1-2-19-10-9-18-17(19)12-16(20)15-8-7-13-5-3-4-6-14(13)11-15/h3-11,16,20H,2,12H2,1H3. The molecule has 20 heavy (non-hydrogen) atoms. The number of fused-ring (bicyclic) bond motifs is 1. The van der Waals surface area contributed by atoms with E-state index in [2.05, 4.69) is 40.7 Å². The molecule has 1 N–H and O–H groups in total. The SMILES string of the molecule is CCn1ccnc1CC(O)c1ccc2ccccc2c1. The molecular weight excluding hydrogens is 248 g/mol. The molecule has 0 fully saturated rings. The molecule has 0 radical (unpaired) electrons. The molecule has 0 aliphatic carbocycles. The summed E-state index contributed by atoms with van der Waals surface area (Å²) in [6, 6.07) is 14.3. The monoisotopic (exact) mass is 266 g/mol. The maximum Gasteiger partial charge on any atom is 0.111 e. The van der Waals surface area contributed by atoms with E-state index in [4.69, 9.17) is 0 Å². The lowest BCUT2D eigenvalue weighted by molar-refractivity contribution is 0.174. The van der Waals surface area contributed by atoms with Crippen molar-refractivity contribution in [2.45, 2.75) is 26.0 Å². The first-order valence-electron chi connectivity index (χ1n) is 6.94. The van der Waals surface area contributed by atoms with Crippen molar-refractivity contribution in [3.8, 4) is 0 Å². The summed E-state index contributed by atoms with van der Waals surface area (Å²) in [7, 11) is 0. The minimum absolute atomic E-state index is 0.521. The van der Waals surface area contributed by atoms with Gasteiger partial charge in [-0.15, -0.1) is 0 Å². The molecule has 1 unspecified atom stereocenters. The van der Waals surface area contributed by atoms with Crippen LogP contribution in [0.4, 0.5) is 0 Å². The van der Waals surface area contributed by atoms with Gasteiger partial charge in [0.2, 0.25) is 0 Å². The van der Waals surface area contributed by atoms with Gasteiger partial charge in [-0.3, -0.25) is 0 Å². The van der Waals surface area contributed by atoms with Crippen LogP contribution in [0.25, 0.3) is 10.8 Å². The van der Waals surface area contributed by atoms with E-state index >= 15 is 0 Å². The fraction of sp³-hybridized carbons (Fsp3) is 0.235. The molecular formula is C17H18N2O. The van der Waals surface area contributed by atoms with Crippen molar-refractivity contribution in [1.82, 2.24) is 9.55 Å². The first kappa shape index (κ1) is 12.9. The molecule has 3 aromatic rings. The van der Waals surface area contributed by atoms with Gasteiger partial charge in [0.1, 0.15) is 5.82 Å². The maximum absolute atomic E-state index is 10.4. The van der Waals surface area contributed by atoms with Gasteiger partial charge >= 0.3 is 0 Å². The molecule has 1 atom stereocenters. The summed E-state index contributed by atoms with van der Waals surface area (Å²) in [5.41, 5.74) is 0.939. The lowest BCUT2D eigenvalue weighted by Crippen LogP contribution is -2.08. The van der Waals surface area contributed by atoms with Gasteiger partial charge in [-0.1, -0.05) is 36.4 Å². The first-order chi connectivity index (χ1) is 9.78. The number of hydrogen-bond donors (Lipinski definition) is 1. The quantitative estimate of drug-likeness (QED) is 0.786. The molecule has 1 heterocycles. The Kier molecular flexibility index (Phi) is 3.52. The first-order valence-corrected chi connectivity index (χ1v) is 6.94. The van der Waals surface area contributed by atoms with Crippen LogP contribution in [0.5, 0.6) is 0 Å². The Labute approximate surface area is 118 Å². The highest BCUT2D eigenvalue weighted by Crippen LogP contribution is 2.22. The number of aliphatic hydroxyl groups is 1. The van der Waals surface area contributed by atoms with Gasteiger partial charge in [0, 0.05) is 25.4 Å². The number of hydrogen-bond acceptors (Lipinski definition) is 2. The molecule has 0 aliphatic heterocycles. The van der Waals surface area contributed by atoms with Gasteiger partial charge in [0.25, 0.3) is 0 Å². The molecule has 0 saturated carbocycles. The average Bonchev–Trinajstić information content (AvgIpc) is 2.94. The lowest BCUT2D eigenvalue weighted by Gasteiger charge is -2.12. The molecule has 3 rings (SSSR count). The zero-order chi connectivity index (χ0) is 13.9. The fourth-order valence-electron chi connectivity index (χ4n) is 2.52. The highest BCUT2D eigenvalue weighted by molar-refractivity contribution is 5.83. The Morgan fingerprint density at radius 3 is 2.75 bits per heavy atom. The van der Waals surface area contributed by atoms with Crippen molar-refractivity contribution in [3.63, 3.8) is 0 Å². The number of imidazole rings is 1. The van der Waals surface area contributed by atoms with Crippen LogP contribution in [0.1, 0.15) is 24.4 Å². The van der Waals surface area contributed by atoms with E-state index in [0.29, 0.717) is 6.42 Å². The summed E-state index contributed by atoms with van der Waals surface area (Å²) < 4.78 is 2.06. The summed E-state index contributed by atoms with van der Waals surface area (Å²) in [5, 5.41) is 12.8. The van der Waals surface area contributed by atoms with Crippen molar-refractivity contribution >= 4 is 10.8 Å². The molecule has 1 aromatic heterocycles. The maximum atomic E-state index is 10.4. The predicted octanol–water partition coefficient (Wildman–Crippen LogP) is 3.33. The second kappa shape index (κ2) is 5.47. The van der Waals surface area contributed by atoms with Gasteiger partial charge < -0.3 is 9.67 Å². The Morgan fingerprint density at radius 1 is 1.15 bits per heavy atom. The third-order valence-corrected chi connectivity index (χ3v) is 3.68. The van der Waals surface area contributed by atoms with Crippen LogP contribution in [-0.2, 0) is 13.0 Å². The molecule has 0 spiro atoms. The number of aryl methyl sites for hydroxylation is 1. The van der Waals surface area contributed by atoms with Crippen molar-refractivity contribution in [1.29, 1.82) is 0 Å². The van der Waals surface area contributed by atoms with E-state index in [1.807, 2.05) is 24.4 Å². The van der Waals surface area contributed by atoms with Crippen molar-refractivity contribution in [2.75, 3.05) is 0 Å². The Balaban J connectivity index is 1.86. The van der Waals surface area contributed by atoms with E-state index in [0.717, 1.165) is 23.3 Å². The average molecular weight is 266 g/mol. The second-order valence-electron chi connectivity index (χ2n) is 4.96. The molecule has 3 nitrogen and oxygen atoms in total. The number of benzene rings is 2. The van der Waals surface area contributed by atoms with Crippen LogP contribution in [-0.4, -0.2) is 14.7 Å². The third kappa shape index (κ3) is 2.45. The number of nitrogens with zero attached hydrogens (tertiary/aromatic N) is 2. The van der Waals surface area contributed by atoms with E-state index in [-0.39, 0.29) is 0 Å². The molecule has 3 heteroatoms. The van der Waals surface area contributed by atoms with Crippen LogP contribution >= 0.6 is 0 Å². The van der Waals surface area contributed by atoms with Crippen LogP contribution in [0.15, 0.2) is 54.9 Å². The van der Waals surface area contributed by atoms with Crippen molar-refractivity contribution in [3.05, 3.63) is 66.2 Å². The predicted molar refractivity (Wildman–Crippen MR) is 80.5 cm³/mol. The Morgan fingerprint density at radius 2 is 1.95 bits per heavy atom. The summed E-state index contributed by atoms with van der Waals surface area (Å²) in [6.45, 7) is 2.95. The van der Waals surface area contributed by atoms with Crippen molar-refractivity contribution < 1.29 is 5.11 Å². The Bertz CT molecular complexity index is 718. The third-order valence-electron chi connectivity index (χ3n) is 3.68. The van der Waals surface area contributed by atoms with Gasteiger partial charge in [-0.2, -0.15) is 0 Å². The smallest absolute Gasteiger partial charge is 0.111 e. The topological polar surface area (TPSA) is 38.0 Å². The van der Waals surface area contributed by atoms with Gasteiger partial charge in [0.05, 0.1) is 6.10 Å².